The zero-order valence-corrected chi connectivity index (χ0v) is 12.7. The number of hydrogen-bond donors (Lipinski definition) is 0. The standard InChI is InChI=1S/C20H23N/c1-2-3-4-5-12-17-21-20(18-13-8-6-9-14-18)19-15-10-7-11-16-19/h5-17,20H,2-4H2,1H3/b12-5+,21-17?. The van der Waals surface area contributed by atoms with Crippen LogP contribution in [0, 0.1) is 0 Å². The second-order valence-electron chi connectivity index (χ2n) is 5.09. The third-order valence-corrected chi connectivity index (χ3v) is 3.41. The number of benzene rings is 2. The lowest BCUT2D eigenvalue weighted by molar-refractivity contribution is 0.815. The molecule has 0 radical (unpaired) electrons. The summed E-state index contributed by atoms with van der Waals surface area (Å²) < 4.78 is 0. The molecule has 0 aromatic heterocycles. The molecule has 108 valence electrons. The first-order valence-electron chi connectivity index (χ1n) is 7.70. The third-order valence-electron chi connectivity index (χ3n) is 3.41. The molecule has 1 nitrogen and oxygen atoms in total. The van der Waals surface area contributed by atoms with Gasteiger partial charge in [0.05, 0.1) is 6.04 Å². The second-order valence-corrected chi connectivity index (χ2v) is 5.09. The van der Waals surface area contributed by atoms with Gasteiger partial charge in [-0.1, -0.05) is 86.5 Å². The van der Waals surface area contributed by atoms with Gasteiger partial charge in [0.15, 0.2) is 0 Å². The highest BCUT2D eigenvalue weighted by Crippen LogP contribution is 2.25. The van der Waals surface area contributed by atoms with Crippen LogP contribution in [0.15, 0.2) is 77.8 Å². The molecule has 0 fully saturated rings. The Kier molecular flexibility index (Phi) is 6.47. The average Bonchev–Trinajstić information content (AvgIpc) is 2.56. The van der Waals surface area contributed by atoms with E-state index in [1.807, 2.05) is 18.3 Å². The van der Waals surface area contributed by atoms with Crippen molar-refractivity contribution >= 4 is 6.21 Å². The van der Waals surface area contributed by atoms with Gasteiger partial charge in [0.1, 0.15) is 0 Å². The van der Waals surface area contributed by atoms with Gasteiger partial charge in [0.2, 0.25) is 0 Å². The minimum Gasteiger partial charge on any atom is -0.280 e. The molecule has 0 spiro atoms. The normalized spacial score (nSPS) is 11.7. The van der Waals surface area contributed by atoms with Crippen LogP contribution in [-0.2, 0) is 0 Å². The third kappa shape index (κ3) is 5.03. The molecule has 2 aromatic carbocycles. The van der Waals surface area contributed by atoms with Crippen molar-refractivity contribution in [1.82, 2.24) is 0 Å². The molecule has 0 aliphatic carbocycles. The first kappa shape index (κ1) is 15.2. The van der Waals surface area contributed by atoms with Gasteiger partial charge in [-0.25, -0.2) is 0 Å². The molecule has 0 saturated carbocycles. The summed E-state index contributed by atoms with van der Waals surface area (Å²) >= 11 is 0. The van der Waals surface area contributed by atoms with E-state index < -0.39 is 0 Å². The molecule has 0 unspecified atom stereocenters. The lowest BCUT2D eigenvalue weighted by atomic mass is 9.99. The zero-order chi connectivity index (χ0) is 14.8. The monoisotopic (exact) mass is 277 g/mol. The van der Waals surface area contributed by atoms with Crippen molar-refractivity contribution in [2.45, 2.75) is 32.2 Å². The molecule has 0 atom stereocenters. The number of unbranched alkanes of at least 4 members (excludes halogenated alkanes) is 2. The maximum absolute atomic E-state index is 4.75. The number of rotatable bonds is 7. The lowest BCUT2D eigenvalue weighted by Crippen LogP contribution is -1.97. The van der Waals surface area contributed by atoms with Crippen LogP contribution >= 0.6 is 0 Å². The zero-order valence-electron chi connectivity index (χ0n) is 12.7. The van der Waals surface area contributed by atoms with Gasteiger partial charge < -0.3 is 0 Å². The summed E-state index contributed by atoms with van der Waals surface area (Å²) in [5, 5.41) is 0. The molecule has 0 amide bonds. The van der Waals surface area contributed by atoms with Gasteiger partial charge in [-0.3, -0.25) is 4.99 Å². The Bertz CT molecular complexity index is 515. The Labute approximate surface area is 128 Å². The van der Waals surface area contributed by atoms with Crippen molar-refractivity contribution in [3.63, 3.8) is 0 Å². The quantitative estimate of drug-likeness (QED) is 0.462. The van der Waals surface area contributed by atoms with E-state index >= 15 is 0 Å². The van der Waals surface area contributed by atoms with E-state index in [0.29, 0.717) is 0 Å². The molecule has 0 heterocycles. The Morgan fingerprint density at radius 1 is 0.905 bits per heavy atom. The summed E-state index contributed by atoms with van der Waals surface area (Å²) in [5.41, 5.74) is 2.45. The van der Waals surface area contributed by atoms with Crippen molar-refractivity contribution < 1.29 is 0 Å². The van der Waals surface area contributed by atoms with Crippen LogP contribution in [0.5, 0.6) is 0 Å². The van der Waals surface area contributed by atoms with Crippen molar-refractivity contribution in [1.29, 1.82) is 0 Å². The molecule has 0 bridgehead atoms. The highest BCUT2D eigenvalue weighted by atomic mass is 14.8. The van der Waals surface area contributed by atoms with Crippen LogP contribution in [0.25, 0.3) is 0 Å². The van der Waals surface area contributed by atoms with Crippen LogP contribution in [0.3, 0.4) is 0 Å². The van der Waals surface area contributed by atoms with Crippen molar-refractivity contribution in [2.75, 3.05) is 0 Å². The molecule has 0 saturated heterocycles. The maximum atomic E-state index is 4.75. The fraction of sp³-hybridized carbons (Fsp3) is 0.250. The molecular weight excluding hydrogens is 254 g/mol. The van der Waals surface area contributed by atoms with Gasteiger partial charge >= 0.3 is 0 Å². The number of hydrogen-bond acceptors (Lipinski definition) is 1. The molecule has 2 rings (SSSR count). The highest BCUT2D eigenvalue weighted by Gasteiger charge is 2.10. The molecular formula is C20H23N. The van der Waals surface area contributed by atoms with Gasteiger partial charge in [-0.15, -0.1) is 0 Å². The van der Waals surface area contributed by atoms with Gasteiger partial charge in [0, 0.05) is 6.21 Å². The molecule has 21 heavy (non-hydrogen) atoms. The van der Waals surface area contributed by atoms with Gasteiger partial charge in [0.25, 0.3) is 0 Å². The number of aliphatic imine (C=N–C) groups is 1. The summed E-state index contributed by atoms with van der Waals surface area (Å²) in [7, 11) is 0. The largest absolute Gasteiger partial charge is 0.280 e. The van der Waals surface area contributed by atoms with E-state index in [9.17, 15) is 0 Å². The lowest BCUT2D eigenvalue weighted by Gasteiger charge is -2.12. The number of allylic oxidation sites excluding steroid dienone is 2. The molecule has 0 aliphatic heterocycles. The van der Waals surface area contributed by atoms with Crippen molar-refractivity contribution in [2.24, 2.45) is 4.99 Å². The van der Waals surface area contributed by atoms with Gasteiger partial charge in [-0.2, -0.15) is 0 Å². The smallest absolute Gasteiger partial charge is 0.0999 e. The molecule has 0 N–H and O–H groups in total. The summed E-state index contributed by atoms with van der Waals surface area (Å²) in [6.45, 7) is 2.21. The topological polar surface area (TPSA) is 12.4 Å². The van der Waals surface area contributed by atoms with E-state index in [2.05, 4.69) is 67.6 Å². The Morgan fingerprint density at radius 3 is 2.00 bits per heavy atom. The summed E-state index contributed by atoms with van der Waals surface area (Å²) in [5.74, 6) is 0. The van der Waals surface area contributed by atoms with Crippen LogP contribution in [0.2, 0.25) is 0 Å². The Balaban J connectivity index is 2.14. The van der Waals surface area contributed by atoms with Crippen LogP contribution in [0.4, 0.5) is 0 Å². The summed E-state index contributed by atoms with van der Waals surface area (Å²) in [6.07, 6.45) is 9.79. The molecule has 2 aromatic rings. The second kappa shape index (κ2) is 8.91. The van der Waals surface area contributed by atoms with E-state index in [1.54, 1.807) is 0 Å². The van der Waals surface area contributed by atoms with Crippen LogP contribution < -0.4 is 0 Å². The number of nitrogens with zero attached hydrogens (tertiary/aromatic N) is 1. The fourth-order valence-electron chi connectivity index (χ4n) is 2.25. The van der Waals surface area contributed by atoms with Crippen LogP contribution in [0.1, 0.15) is 43.4 Å². The Hall–Kier alpha value is -2.15. The maximum Gasteiger partial charge on any atom is 0.0999 e. The highest BCUT2D eigenvalue weighted by molar-refractivity contribution is 5.71. The van der Waals surface area contributed by atoms with Crippen LogP contribution in [-0.4, -0.2) is 6.21 Å². The fourth-order valence-corrected chi connectivity index (χ4v) is 2.25. The Morgan fingerprint density at radius 2 is 1.48 bits per heavy atom. The van der Waals surface area contributed by atoms with E-state index in [-0.39, 0.29) is 6.04 Å². The molecule has 1 heteroatoms. The first-order chi connectivity index (χ1) is 10.4. The molecule has 0 aliphatic rings. The van der Waals surface area contributed by atoms with E-state index in [0.717, 1.165) is 6.42 Å². The van der Waals surface area contributed by atoms with Gasteiger partial charge in [-0.05, 0) is 23.6 Å². The van der Waals surface area contributed by atoms with Crippen molar-refractivity contribution in [3.05, 3.63) is 83.9 Å². The average molecular weight is 277 g/mol. The van der Waals surface area contributed by atoms with E-state index in [1.165, 1.54) is 24.0 Å². The summed E-state index contributed by atoms with van der Waals surface area (Å²) in [6, 6.07) is 21.0. The first-order valence-corrected chi connectivity index (χ1v) is 7.70. The minimum atomic E-state index is 0.0724. The van der Waals surface area contributed by atoms with Crippen molar-refractivity contribution in [3.8, 4) is 0 Å². The predicted octanol–water partition coefficient (Wildman–Crippen LogP) is 5.59. The minimum absolute atomic E-state index is 0.0724. The van der Waals surface area contributed by atoms with E-state index in [4.69, 9.17) is 4.99 Å². The summed E-state index contributed by atoms with van der Waals surface area (Å²) in [4.78, 5) is 4.75. The SMILES string of the molecule is CCCC/C=C/C=NC(c1ccccc1)c1ccccc1. The predicted molar refractivity (Wildman–Crippen MR) is 91.9 cm³/mol.